The second-order valence-electron chi connectivity index (χ2n) is 6.09. The molecule has 0 radical (unpaired) electrons. The largest absolute Gasteiger partial charge is 0.369 e. The normalized spacial score (nSPS) is 18.5. The summed E-state index contributed by atoms with van der Waals surface area (Å²) in [7, 11) is 0. The van der Waals surface area contributed by atoms with E-state index in [1.54, 1.807) is 16.8 Å². The maximum Gasteiger partial charge on any atom is 0.148 e. The summed E-state index contributed by atoms with van der Waals surface area (Å²) in [5.74, 6) is 1.34. The van der Waals surface area contributed by atoms with Crippen LogP contribution in [-0.2, 0) is 6.42 Å². The fourth-order valence-electron chi connectivity index (χ4n) is 3.70. The molecular weight excluding hydrogens is 265 g/mol. The molecule has 0 unspecified atom stereocenters. The topological polar surface area (TPSA) is 29.9 Å². The quantitative estimate of drug-likeness (QED) is 0.903. The minimum atomic E-state index is -0.216. The summed E-state index contributed by atoms with van der Waals surface area (Å²) in [6.45, 7) is 0.932. The van der Waals surface area contributed by atoms with Gasteiger partial charge in [-0.2, -0.15) is 5.10 Å². The molecule has 1 aliphatic heterocycles. The molecule has 1 aliphatic carbocycles. The van der Waals surface area contributed by atoms with Crippen molar-refractivity contribution in [1.29, 1.82) is 0 Å². The monoisotopic (exact) mass is 285 g/mol. The molecule has 21 heavy (non-hydrogen) atoms. The van der Waals surface area contributed by atoms with Crippen molar-refractivity contribution in [2.45, 2.75) is 44.4 Å². The van der Waals surface area contributed by atoms with E-state index in [1.807, 2.05) is 6.07 Å². The maximum atomic E-state index is 14.1. The van der Waals surface area contributed by atoms with Crippen molar-refractivity contribution in [3.63, 3.8) is 0 Å². The standard InChI is InChI=1S/C17H20FN3/c18-14-8-4-5-9-15(14)21-17-13(10-11-19-17)16(20-21)12-6-2-1-3-7-12/h4-5,8-9,12,19H,1-3,6-7,10-11H2. The molecule has 0 bridgehead atoms. The Labute approximate surface area is 124 Å². The van der Waals surface area contributed by atoms with Gasteiger partial charge in [0.15, 0.2) is 0 Å². The number of nitrogens with zero attached hydrogens (tertiary/aromatic N) is 2. The Morgan fingerprint density at radius 2 is 1.95 bits per heavy atom. The molecule has 4 heteroatoms. The van der Waals surface area contributed by atoms with Crippen LogP contribution in [-0.4, -0.2) is 16.3 Å². The van der Waals surface area contributed by atoms with E-state index in [0.29, 0.717) is 11.6 Å². The molecule has 1 N–H and O–H groups in total. The zero-order valence-corrected chi connectivity index (χ0v) is 12.1. The third kappa shape index (κ3) is 2.13. The first-order chi connectivity index (χ1) is 10.3. The lowest BCUT2D eigenvalue weighted by Crippen LogP contribution is -2.10. The summed E-state index contributed by atoms with van der Waals surface area (Å²) in [6, 6.07) is 6.88. The third-order valence-electron chi connectivity index (χ3n) is 4.75. The molecule has 0 saturated heterocycles. The maximum absolute atomic E-state index is 14.1. The van der Waals surface area contributed by atoms with Crippen LogP contribution in [0.2, 0.25) is 0 Å². The summed E-state index contributed by atoms with van der Waals surface area (Å²) >= 11 is 0. The first kappa shape index (κ1) is 12.9. The van der Waals surface area contributed by atoms with E-state index in [2.05, 4.69) is 5.32 Å². The number of anilines is 1. The number of rotatable bonds is 2. The van der Waals surface area contributed by atoms with Crippen molar-refractivity contribution in [2.75, 3.05) is 11.9 Å². The number of aromatic nitrogens is 2. The summed E-state index contributed by atoms with van der Waals surface area (Å²) in [5, 5.41) is 8.19. The van der Waals surface area contributed by atoms with Crippen molar-refractivity contribution in [2.24, 2.45) is 0 Å². The average molecular weight is 285 g/mol. The highest BCUT2D eigenvalue weighted by Crippen LogP contribution is 2.39. The second-order valence-corrected chi connectivity index (χ2v) is 6.09. The second kappa shape index (κ2) is 5.17. The average Bonchev–Trinajstić information content (AvgIpc) is 3.11. The third-order valence-corrected chi connectivity index (χ3v) is 4.75. The van der Waals surface area contributed by atoms with Gasteiger partial charge in [0.1, 0.15) is 17.3 Å². The minimum absolute atomic E-state index is 0.216. The Kier molecular flexibility index (Phi) is 3.17. The van der Waals surface area contributed by atoms with Gasteiger partial charge in [0, 0.05) is 18.0 Å². The predicted molar refractivity (Wildman–Crippen MR) is 81.5 cm³/mol. The van der Waals surface area contributed by atoms with Gasteiger partial charge < -0.3 is 5.32 Å². The van der Waals surface area contributed by atoms with Gasteiger partial charge in [-0.05, 0) is 31.4 Å². The Bertz CT molecular complexity index is 656. The van der Waals surface area contributed by atoms with Gasteiger partial charge in [-0.25, -0.2) is 9.07 Å². The number of hydrogen-bond acceptors (Lipinski definition) is 2. The van der Waals surface area contributed by atoms with Gasteiger partial charge in [0.2, 0.25) is 0 Å². The number of fused-ring (bicyclic) bond motifs is 1. The number of hydrogen-bond donors (Lipinski definition) is 1. The van der Waals surface area contributed by atoms with E-state index >= 15 is 0 Å². The molecule has 3 nitrogen and oxygen atoms in total. The first-order valence-corrected chi connectivity index (χ1v) is 7.95. The van der Waals surface area contributed by atoms with Crippen LogP contribution in [0.1, 0.15) is 49.3 Å². The van der Waals surface area contributed by atoms with Crippen molar-refractivity contribution in [3.8, 4) is 5.69 Å². The molecule has 2 aromatic rings. The summed E-state index contributed by atoms with van der Waals surface area (Å²) < 4.78 is 15.9. The van der Waals surface area contributed by atoms with Crippen LogP contribution >= 0.6 is 0 Å². The van der Waals surface area contributed by atoms with E-state index < -0.39 is 0 Å². The van der Waals surface area contributed by atoms with Crippen LogP contribution in [0, 0.1) is 5.82 Å². The Balaban J connectivity index is 1.80. The number of para-hydroxylation sites is 1. The van der Waals surface area contributed by atoms with E-state index in [4.69, 9.17) is 5.10 Å². The van der Waals surface area contributed by atoms with Crippen LogP contribution in [0.5, 0.6) is 0 Å². The molecule has 1 aromatic heterocycles. The van der Waals surface area contributed by atoms with Gasteiger partial charge in [0.25, 0.3) is 0 Å². The van der Waals surface area contributed by atoms with Crippen LogP contribution in [0.4, 0.5) is 10.2 Å². The fourth-order valence-corrected chi connectivity index (χ4v) is 3.70. The van der Waals surface area contributed by atoms with Crippen LogP contribution in [0.3, 0.4) is 0 Å². The van der Waals surface area contributed by atoms with Crippen LogP contribution < -0.4 is 5.32 Å². The Hall–Kier alpha value is -1.84. The van der Waals surface area contributed by atoms with E-state index in [-0.39, 0.29) is 5.82 Å². The van der Waals surface area contributed by atoms with Crippen molar-refractivity contribution in [3.05, 3.63) is 41.3 Å². The number of nitrogens with one attached hydrogen (secondary N) is 1. The highest BCUT2D eigenvalue weighted by molar-refractivity contribution is 5.58. The predicted octanol–water partition coefficient (Wildman–Crippen LogP) is 4.03. The smallest absolute Gasteiger partial charge is 0.148 e. The van der Waals surface area contributed by atoms with Crippen molar-refractivity contribution < 1.29 is 4.39 Å². The Morgan fingerprint density at radius 3 is 2.76 bits per heavy atom. The molecule has 2 heterocycles. The zero-order chi connectivity index (χ0) is 14.2. The molecule has 0 atom stereocenters. The minimum Gasteiger partial charge on any atom is -0.369 e. The van der Waals surface area contributed by atoms with Crippen LogP contribution in [0.15, 0.2) is 24.3 Å². The molecule has 1 aromatic carbocycles. The highest BCUT2D eigenvalue weighted by atomic mass is 19.1. The van der Waals surface area contributed by atoms with E-state index in [0.717, 1.165) is 18.8 Å². The molecule has 4 rings (SSSR count). The molecule has 1 fully saturated rings. The summed E-state index contributed by atoms with van der Waals surface area (Å²) in [4.78, 5) is 0. The lowest BCUT2D eigenvalue weighted by molar-refractivity contribution is 0.433. The van der Waals surface area contributed by atoms with Gasteiger partial charge in [-0.15, -0.1) is 0 Å². The fraction of sp³-hybridized carbons (Fsp3) is 0.471. The van der Waals surface area contributed by atoms with Crippen molar-refractivity contribution in [1.82, 2.24) is 9.78 Å². The molecule has 110 valence electrons. The van der Waals surface area contributed by atoms with Crippen molar-refractivity contribution >= 4 is 5.82 Å². The molecule has 2 aliphatic rings. The molecule has 0 spiro atoms. The highest BCUT2D eigenvalue weighted by Gasteiger charge is 2.29. The lowest BCUT2D eigenvalue weighted by atomic mass is 9.85. The van der Waals surface area contributed by atoms with Gasteiger partial charge >= 0.3 is 0 Å². The number of benzene rings is 1. The molecule has 0 amide bonds. The summed E-state index contributed by atoms with van der Waals surface area (Å²) in [6.07, 6.45) is 7.38. The zero-order valence-electron chi connectivity index (χ0n) is 12.1. The SMILES string of the molecule is Fc1ccccc1-n1nc(C2CCCCC2)c2c1NCC2. The van der Waals surface area contributed by atoms with Gasteiger partial charge in [-0.1, -0.05) is 31.4 Å². The lowest BCUT2D eigenvalue weighted by Gasteiger charge is -2.20. The molecule has 1 saturated carbocycles. The van der Waals surface area contributed by atoms with Gasteiger partial charge in [-0.3, -0.25) is 0 Å². The number of halogens is 1. The van der Waals surface area contributed by atoms with Crippen LogP contribution in [0.25, 0.3) is 5.69 Å². The van der Waals surface area contributed by atoms with E-state index in [9.17, 15) is 4.39 Å². The van der Waals surface area contributed by atoms with E-state index in [1.165, 1.54) is 49.4 Å². The first-order valence-electron chi connectivity index (χ1n) is 7.95. The summed E-state index contributed by atoms with van der Waals surface area (Å²) in [5.41, 5.74) is 3.06. The van der Waals surface area contributed by atoms with Gasteiger partial charge in [0.05, 0.1) is 5.69 Å². The Morgan fingerprint density at radius 1 is 1.14 bits per heavy atom. The molecular formula is C17H20FN3.